The number of ketones is 1. The molecule has 0 saturated heterocycles. The Morgan fingerprint density at radius 3 is 2.90 bits per heavy atom. The molecule has 1 aliphatic carbocycles. The van der Waals surface area contributed by atoms with Gasteiger partial charge in [0.15, 0.2) is 29.0 Å². The van der Waals surface area contributed by atoms with E-state index in [4.69, 9.17) is 9.47 Å². The van der Waals surface area contributed by atoms with E-state index >= 15 is 0 Å². The molecule has 0 saturated carbocycles. The highest BCUT2D eigenvalue weighted by molar-refractivity contribution is 7.16. The predicted molar refractivity (Wildman–Crippen MR) is 117 cm³/mol. The van der Waals surface area contributed by atoms with Gasteiger partial charge in [0.25, 0.3) is 5.91 Å². The van der Waals surface area contributed by atoms with Crippen LogP contribution in [-0.2, 0) is 28.9 Å². The van der Waals surface area contributed by atoms with Crippen LogP contribution in [0.4, 0.5) is 5.13 Å². The van der Waals surface area contributed by atoms with Crippen molar-refractivity contribution < 1.29 is 19.1 Å². The van der Waals surface area contributed by atoms with Gasteiger partial charge < -0.3 is 9.47 Å². The first-order chi connectivity index (χ1) is 14.4. The lowest BCUT2D eigenvalue weighted by atomic mass is 10.0. The highest BCUT2D eigenvalue weighted by atomic mass is 32.1. The van der Waals surface area contributed by atoms with E-state index in [0.29, 0.717) is 16.6 Å². The number of ether oxygens (including phenoxy) is 2. The zero-order valence-corrected chi connectivity index (χ0v) is 18.2. The molecule has 0 fully saturated rings. The molecule has 2 aliphatic rings. The number of hydrogen-bond acceptors (Lipinski definition) is 6. The second kappa shape index (κ2) is 8.22. The fourth-order valence-electron chi connectivity index (χ4n) is 3.86. The average molecular weight is 427 g/mol. The number of rotatable bonds is 7. The molecule has 158 valence electrons. The summed E-state index contributed by atoms with van der Waals surface area (Å²) in [6, 6.07) is 5.71. The molecule has 0 spiro atoms. The molecule has 2 heterocycles. The minimum absolute atomic E-state index is 0.0888. The number of benzene rings is 1. The smallest absolute Gasteiger partial charge is 0.267 e. The molecule has 1 amide bonds. The zero-order chi connectivity index (χ0) is 21.3. The third-order valence-corrected chi connectivity index (χ3v) is 6.49. The fraction of sp³-hybridized carbons (Fsp3) is 0.435. The summed E-state index contributed by atoms with van der Waals surface area (Å²) in [5.41, 5.74) is 1.81. The first-order valence-electron chi connectivity index (χ1n) is 10.2. The van der Waals surface area contributed by atoms with Gasteiger partial charge in [0.1, 0.15) is 5.60 Å². The summed E-state index contributed by atoms with van der Waals surface area (Å²) < 4.78 is 11.9. The third-order valence-electron chi connectivity index (χ3n) is 5.31. The van der Waals surface area contributed by atoms with E-state index in [1.165, 1.54) is 27.2 Å². The Kier molecular flexibility index (Phi) is 5.64. The average Bonchev–Trinajstić information content (AvgIpc) is 3.29. The molecule has 30 heavy (non-hydrogen) atoms. The Morgan fingerprint density at radius 2 is 2.13 bits per heavy atom. The maximum absolute atomic E-state index is 13.0. The quantitative estimate of drug-likeness (QED) is 0.628. The molecule has 0 radical (unpaired) electrons. The lowest BCUT2D eigenvalue weighted by molar-refractivity contribution is -0.122. The first-order valence-corrected chi connectivity index (χ1v) is 11.1. The van der Waals surface area contributed by atoms with Crippen LogP contribution in [0, 0.1) is 0 Å². The number of hydrogen-bond donors (Lipinski definition) is 0. The minimum Gasteiger partial charge on any atom is -0.483 e. The van der Waals surface area contributed by atoms with Gasteiger partial charge in [-0.05, 0) is 51.7 Å². The van der Waals surface area contributed by atoms with E-state index in [1.54, 1.807) is 6.07 Å². The fourth-order valence-corrected chi connectivity index (χ4v) is 5.02. The number of para-hydroxylation sites is 1. The van der Waals surface area contributed by atoms with Crippen molar-refractivity contribution in [2.24, 2.45) is 0 Å². The van der Waals surface area contributed by atoms with E-state index in [9.17, 15) is 9.59 Å². The molecule has 0 unspecified atom stereocenters. The summed E-state index contributed by atoms with van der Waals surface area (Å²) in [5, 5.41) is 0.557. The molecular formula is C23H26N2O4S. The van der Waals surface area contributed by atoms with Crippen molar-refractivity contribution in [3.8, 4) is 11.5 Å². The second-order valence-corrected chi connectivity index (χ2v) is 9.36. The van der Waals surface area contributed by atoms with Gasteiger partial charge >= 0.3 is 0 Å². The molecule has 4 rings (SSSR count). The van der Waals surface area contributed by atoms with Crippen LogP contribution >= 0.6 is 11.3 Å². The largest absolute Gasteiger partial charge is 0.483 e. The van der Waals surface area contributed by atoms with E-state index in [-0.39, 0.29) is 30.4 Å². The highest BCUT2D eigenvalue weighted by Gasteiger charge is 2.33. The summed E-state index contributed by atoms with van der Waals surface area (Å²) in [6.45, 7) is 7.28. The number of aromatic nitrogens is 1. The normalized spacial score (nSPS) is 16.2. The van der Waals surface area contributed by atoms with Crippen LogP contribution in [0.5, 0.6) is 11.5 Å². The Bertz CT molecular complexity index is 972. The van der Waals surface area contributed by atoms with E-state index in [0.717, 1.165) is 43.4 Å². The number of thiazole rings is 1. The summed E-state index contributed by atoms with van der Waals surface area (Å²) in [5.74, 6) is 0.682. The number of aryl methyl sites for hydroxylation is 2. The van der Waals surface area contributed by atoms with E-state index in [2.05, 4.69) is 11.6 Å². The van der Waals surface area contributed by atoms with Crippen LogP contribution in [0.2, 0.25) is 0 Å². The SMILES string of the molecule is C=CC(=O)CN(C(=O)COc1cccc2c1OC(C)(C)C2)c1nc2c(s1)CCCC2. The number of carbonyl (C=O) groups excluding carboxylic acids is 2. The molecule has 2 aromatic rings. The van der Waals surface area contributed by atoms with Crippen molar-refractivity contribution >= 4 is 28.2 Å². The molecule has 0 bridgehead atoms. The van der Waals surface area contributed by atoms with Crippen LogP contribution < -0.4 is 14.4 Å². The van der Waals surface area contributed by atoms with Crippen molar-refractivity contribution in [1.29, 1.82) is 0 Å². The van der Waals surface area contributed by atoms with Gasteiger partial charge in [-0.15, -0.1) is 11.3 Å². The monoisotopic (exact) mass is 426 g/mol. The van der Waals surface area contributed by atoms with Gasteiger partial charge in [-0.2, -0.15) is 0 Å². The maximum atomic E-state index is 13.0. The Labute approximate surface area is 180 Å². The zero-order valence-electron chi connectivity index (χ0n) is 17.4. The van der Waals surface area contributed by atoms with Crippen molar-refractivity contribution in [2.45, 2.75) is 51.6 Å². The molecule has 7 heteroatoms. The van der Waals surface area contributed by atoms with Gasteiger partial charge in [-0.1, -0.05) is 18.7 Å². The number of fused-ring (bicyclic) bond motifs is 2. The van der Waals surface area contributed by atoms with Crippen LogP contribution in [-0.4, -0.2) is 35.4 Å². The van der Waals surface area contributed by atoms with Crippen LogP contribution in [0.1, 0.15) is 42.8 Å². The highest BCUT2D eigenvalue weighted by Crippen LogP contribution is 2.41. The first kappa shape index (κ1) is 20.6. The Morgan fingerprint density at radius 1 is 1.33 bits per heavy atom. The van der Waals surface area contributed by atoms with Crippen LogP contribution in [0.25, 0.3) is 0 Å². The number of nitrogens with zero attached hydrogens (tertiary/aromatic N) is 2. The maximum Gasteiger partial charge on any atom is 0.267 e. The van der Waals surface area contributed by atoms with Crippen LogP contribution in [0.3, 0.4) is 0 Å². The molecule has 0 atom stereocenters. The summed E-state index contributed by atoms with van der Waals surface area (Å²) in [6.07, 6.45) is 6.15. The topological polar surface area (TPSA) is 68.7 Å². The Hall–Kier alpha value is -2.67. The van der Waals surface area contributed by atoms with Crippen molar-refractivity contribution in [3.05, 3.63) is 47.0 Å². The van der Waals surface area contributed by atoms with Gasteiger partial charge in [0.05, 0.1) is 12.2 Å². The number of amides is 1. The molecule has 1 aromatic carbocycles. The van der Waals surface area contributed by atoms with Gasteiger partial charge in [0, 0.05) is 16.9 Å². The second-order valence-electron chi connectivity index (χ2n) is 8.30. The van der Waals surface area contributed by atoms with E-state index < -0.39 is 0 Å². The van der Waals surface area contributed by atoms with Crippen molar-refractivity contribution in [3.63, 3.8) is 0 Å². The van der Waals surface area contributed by atoms with Gasteiger partial charge in [0.2, 0.25) is 0 Å². The molecule has 0 N–H and O–H groups in total. The number of carbonyl (C=O) groups is 2. The van der Waals surface area contributed by atoms with Gasteiger partial charge in [-0.25, -0.2) is 4.98 Å². The molecule has 1 aliphatic heterocycles. The van der Waals surface area contributed by atoms with E-state index in [1.807, 2.05) is 26.0 Å². The molecule has 6 nitrogen and oxygen atoms in total. The number of anilines is 1. The lowest BCUT2D eigenvalue weighted by Crippen LogP contribution is -2.38. The summed E-state index contributed by atoms with van der Waals surface area (Å²) in [7, 11) is 0. The molecule has 1 aromatic heterocycles. The summed E-state index contributed by atoms with van der Waals surface area (Å²) >= 11 is 1.49. The summed E-state index contributed by atoms with van der Waals surface area (Å²) in [4.78, 5) is 32.4. The van der Waals surface area contributed by atoms with Crippen molar-refractivity contribution in [2.75, 3.05) is 18.1 Å². The van der Waals surface area contributed by atoms with Crippen LogP contribution in [0.15, 0.2) is 30.9 Å². The van der Waals surface area contributed by atoms with Crippen molar-refractivity contribution in [1.82, 2.24) is 4.98 Å². The standard InChI is InChI=1S/C23H26N2O4S/c1-4-16(26)13-25(22-24-17-9-5-6-11-19(17)30-22)20(27)14-28-18-10-7-8-15-12-23(2,3)29-21(15)18/h4,7-8,10H,1,5-6,9,11-14H2,2-3H3. The third kappa shape index (κ3) is 4.26. The lowest BCUT2D eigenvalue weighted by Gasteiger charge is -2.20. The Balaban J connectivity index is 1.52. The molecular weight excluding hydrogens is 400 g/mol. The minimum atomic E-state index is -0.314. The predicted octanol–water partition coefficient (Wildman–Crippen LogP) is 3.90. The van der Waals surface area contributed by atoms with Gasteiger partial charge in [-0.3, -0.25) is 14.5 Å².